The van der Waals surface area contributed by atoms with Crippen LogP contribution in [0.25, 0.3) is 0 Å². The third-order valence-corrected chi connectivity index (χ3v) is 4.71. The number of hydrogen-bond acceptors (Lipinski definition) is 3. The van der Waals surface area contributed by atoms with Crippen LogP contribution in [0.15, 0.2) is 65.6 Å². The molecule has 1 saturated heterocycles. The summed E-state index contributed by atoms with van der Waals surface area (Å²) in [6.45, 7) is 0.781. The molecule has 2 aromatic rings. The van der Waals surface area contributed by atoms with Crippen molar-refractivity contribution < 1.29 is 9.47 Å². The summed E-state index contributed by atoms with van der Waals surface area (Å²) in [5.41, 5.74) is 1.09. The number of ether oxygens (including phenoxy) is 2. The van der Waals surface area contributed by atoms with Crippen LogP contribution in [-0.2, 0) is 9.47 Å². The van der Waals surface area contributed by atoms with E-state index in [4.69, 9.17) is 9.47 Å². The van der Waals surface area contributed by atoms with Gasteiger partial charge in [-0.2, -0.15) is 0 Å². The van der Waals surface area contributed by atoms with Crippen LogP contribution in [0.5, 0.6) is 0 Å². The van der Waals surface area contributed by atoms with Gasteiger partial charge in [0.25, 0.3) is 0 Å². The standard InChI is InChI=1S/C21H22O2S/c1-3-10-18(11-4-1)20(23-21-15-7-8-16-22-21)14-9-17-24-19-12-5-2-6-13-19/h1-6,10-13,20-21H,7-8,15-17H2. The minimum absolute atomic E-state index is 0.139. The van der Waals surface area contributed by atoms with Gasteiger partial charge in [-0.3, -0.25) is 0 Å². The molecule has 3 rings (SSSR count). The summed E-state index contributed by atoms with van der Waals surface area (Å²) < 4.78 is 11.8. The Morgan fingerprint density at radius 3 is 2.50 bits per heavy atom. The highest BCUT2D eigenvalue weighted by Crippen LogP contribution is 2.23. The van der Waals surface area contributed by atoms with Crippen molar-refractivity contribution in [3.05, 3.63) is 66.2 Å². The van der Waals surface area contributed by atoms with Gasteiger partial charge in [0.1, 0.15) is 6.10 Å². The Morgan fingerprint density at radius 2 is 1.79 bits per heavy atom. The molecule has 1 heterocycles. The van der Waals surface area contributed by atoms with Crippen molar-refractivity contribution in [1.29, 1.82) is 0 Å². The molecule has 2 aromatic carbocycles. The maximum absolute atomic E-state index is 6.12. The first-order valence-electron chi connectivity index (χ1n) is 8.40. The van der Waals surface area contributed by atoms with E-state index in [0.29, 0.717) is 0 Å². The third-order valence-electron chi connectivity index (χ3n) is 3.82. The molecule has 0 amide bonds. The van der Waals surface area contributed by atoms with Crippen molar-refractivity contribution in [1.82, 2.24) is 0 Å². The Hall–Kier alpha value is -1.73. The number of rotatable bonds is 5. The average molecular weight is 338 g/mol. The lowest BCUT2D eigenvalue weighted by Gasteiger charge is -2.25. The van der Waals surface area contributed by atoms with Crippen molar-refractivity contribution in [3.8, 4) is 11.8 Å². The van der Waals surface area contributed by atoms with Gasteiger partial charge >= 0.3 is 0 Å². The van der Waals surface area contributed by atoms with E-state index in [1.54, 1.807) is 11.8 Å². The normalized spacial score (nSPS) is 18.4. The fraction of sp³-hybridized carbons (Fsp3) is 0.333. The summed E-state index contributed by atoms with van der Waals surface area (Å²) in [4.78, 5) is 1.24. The Kier molecular flexibility index (Phi) is 6.80. The smallest absolute Gasteiger partial charge is 0.159 e. The van der Waals surface area contributed by atoms with Crippen LogP contribution in [0.4, 0.5) is 0 Å². The number of benzene rings is 2. The molecule has 0 bridgehead atoms. The molecule has 2 unspecified atom stereocenters. The summed E-state index contributed by atoms with van der Waals surface area (Å²) in [6, 6.07) is 20.5. The van der Waals surface area contributed by atoms with Crippen molar-refractivity contribution in [2.45, 2.75) is 36.6 Å². The molecule has 0 saturated carbocycles. The van der Waals surface area contributed by atoms with Crippen LogP contribution < -0.4 is 0 Å². The second-order valence-corrected chi connectivity index (χ2v) is 6.69. The predicted molar refractivity (Wildman–Crippen MR) is 98.8 cm³/mol. The van der Waals surface area contributed by atoms with E-state index >= 15 is 0 Å². The minimum Gasteiger partial charge on any atom is -0.353 e. The number of hydrogen-bond donors (Lipinski definition) is 0. The zero-order valence-electron chi connectivity index (χ0n) is 13.7. The molecule has 0 aliphatic carbocycles. The third kappa shape index (κ3) is 5.42. The molecule has 2 nitrogen and oxygen atoms in total. The summed E-state index contributed by atoms with van der Waals surface area (Å²) in [5.74, 6) is 7.29. The lowest BCUT2D eigenvalue weighted by Crippen LogP contribution is -2.24. The van der Waals surface area contributed by atoms with Crippen LogP contribution in [0.1, 0.15) is 30.9 Å². The zero-order valence-corrected chi connectivity index (χ0v) is 14.5. The topological polar surface area (TPSA) is 18.5 Å². The van der Waals surface area contributed by atoms with Gasteiger partial charge in [0, 0.05) is 11.5 Å². The van der Waals surface area contributed by atoms with E-state index in [1.165, 1.54) is 4.90 Å². The first-order valence-corrected chi connectivity index (χ1v) is 9.38. The fourth-order valence-electron chi connectivity index (χ4n) is 2.56. The monoisotopic (exact) mass is 338 g/mol. The average Bonchev–Trinajstić information content (AvgIpc) is 2.66. The van der Waals surface area contributed by atoms with Crippen molar-refractivity contribution >= 4 is 11.8 Å². The van der Waals surface area contributed by atoms with Crippen LogP contribution in [0, 0.1) is 11.8 Å². The summed E-state index contributed by atoms with van der Waals surface area (Å²) in [6.07, 6.45) is 2.85. The second kappa shape index (κ2) is 9.54. The number of thioether (sulfide) groups is 1. The van der Waals surface area contributed by atoms with E-state index in [1.807, 2.05) is 36.4 Å². The van der Waals surface area contributed by atoms with Gasteiger partial charge in [0.05, 0.1) is 5.75 Å². The maximum Gasteiger partial charge on any atom is 0.159 e. The van der Waals surface area contributed by atoms with E-state index in [0.717, 1.165) is 37.2 Å². The van der Waals surface area contributed by atoms with Crippen molar-refractivity contribution in [2.75, 3.05) is 12.4 Å². The van der Waals surface area contributed by atoms with Crippen molar-refractivity contribution in [3.63, 3.8) is 0 Å². The van der Waals surface area contributed by atoms with E-state index < -0.39 is 0 Å². The highest BCUT2D eigenvalue weighted by atomic mass is 32.2. The first-order chi connectivity index (χ1) is 11.9. The molecule has 2 atom stereocenters. The molecule has 1 aliphatic rings. The molecular weight excluding hydrogens is 316 g/mol. The summed E-state index contributed by atoms with van der Waals surface area (Å²) in [5, 5.41) is 0. The molecule has 24 heavy (non-hydrogen) atoms. The first kappa shape index (κ1) is 17.1. The Labute approximate surface area is 148 Å². The quantitative estimate of drug-likeness (QED) is 0.560. The van der Waals surface area contributed by atoms with E-state index in [-0.39, 0.29) is 12.4 Å². The molecular formula is C21H22O2S. The van der Waals surface area contributed by atoms with Gasteiger partial charge < -0.3 is 9.47 Å². The molecule has 0 spiro atoms. The van der Waals surface area contributed by atoms with Crippen LogP contribution in [0.3, 0.4) is 0 Å². The fourth-order valence-corrected chi connectivity index (χ4v) is 3.24. The van der Waals surface area contributed by atoms with Gasteiger partial charge in [-0.05, 0) is 37.0 Å². The molecule has 0 aromatic heterocycles. The maximum atomic E-state index is 6.12. The molecule has 1 aliphatic heterocycles. The molecule has 124 valence electrons. The highest BCUT2D eigenvalue weighted by molar-refractivity contribution is 7.99. The van der Waals surface area contributed by atoms with Gasteiger partial charge in [0.2, 0.25) is 0 Å². The molecule has 3 heteroatoms. The Balaban J connectivity index is 1.62. The Morgan fingerprint density at radius 1 is 1.04 bits per heavy atom. The van der Waals surface area contributed by atoms with Crippen LogP contribution in [-0.4, -0.2) is 18.6 Å². The van der Waals surface area contributed by atoms with Gasteiger partial charge in [-0.1, -0.05) is 60.4 Å². The SMILES string of the molecule is C(#CC(OC1CCCCO1)c1ccccc1)CSc1ccccc1. The van der Waals surface area contributed by atoms with E-state index in [9.17, 15) is 0 Å². The molecule has 0 N–H and O–H groups in total. The largest absolute Gasteiger partial charge is 0.353 e. The summed E-state index contributed by atoms with van der Waals surface area (Å²) in [7, 11) is 0. The van der Waals surface area contributed by atoms with Crippen molar-refractivity contribution in [2.24, 2.45) is 0 Å². The molecule has 0 radical (unpaired) electrons. The lowest BCUT2D eigenvalue weighted by atomic mass is 10.1. The zero-order chi connectivity index (χ0) is 16.5. The lowest BCUT2D eigenvalue weighted by molar-refractivity contribution is -0.178. The molecule has 1 fully saturated rings. The highest BCUT2D eigenvalue weighted by Gasteiger charge is 2.19. The Bertz CT molecular complexity index is 654. The van der Waals surface area contributed by atoms with Gasteiger partial charge in [0.15, 0.2) is 6.29 Å². The van der Waals surface area contributed by atoms with Gasteiger partial charge in [-0.15, -0.1) is 11.8 Å². The minimum atomic E-state index is -0.231. The second-order valence-electron chi connectivity index (χ2n) is 5.65. The van der Waals surface area contributed by atoms with Crippen LogP contribution in [0.2, 0.25) is 0 Å². The predicted octanol–water partition coefficient (Wildman–Crippen LogP) is 5.07. The summed E-state index contributed by atoms with van der Waals surface area (Å²) >= 11 is 1.74. The van der Waals surface area contributed by atoms with Gasteiger partial charge in [-0.25, -0.2) is 0 Å². The van der Waals surface area contributed by atoms with Crippen LogP contribution >= 0.6 is 11.8 Å². The van der Waals surface area contributed by atoms with E-state index in [2.05, 4.69) is 36.1 Å².